The van der Waals surface area contributed by atoms with Crippen LogP contribution < -0.4 is 29.4 Å². The standard InChI is InChI=1S/3HO3P.2Sb/c3*1-4(2)3;;/h3*(H,1,2,3);;/q;;;2*+3/p-3. The Morgan fingerprint density at radius 3 is 0.500 bits per heavy atom. The van der Waals surface area contributed by atoms with Gasteiger partial charge in [-0.3, -0.25) is 0 Å². The molecule has 0 saturated heterocycles. The molecular formula is O9P3Sb2+3. The van der Waals surface area contributed by atoms with Crippen LogP contribution in [0.4, 0.5) is 0 Å². The fraction of sp³-hybridized carbons (Fsp3) is 0. The second kappa shape index (κ2) is 24.1. The van der Waals surface area contributed by atoms with Gasteiger partial charge in [-0.1, -0.05) is 13.7 Å². The average molecular weight is 480 g/mol. The summed E-state index contributed by atoms with van der Waals surface area (Å²) in [6, 6.07) is 0. The second-order valence-electron chi connectivity index (χ2n) is 0.671. The second-order valence-corrected chi connectivity index (χ2v) is 2.01. The maximum absolute atomic E-state index is 8.48. The molecule has 0 aromatic rings. The van der Waals surface area contributed by atoms with Crippen molar-refractivity contribution >= 4 is 73.6 Å². The van der Waals surface area contributed by atoms with Crippen LogP contribution in [0.3, 0.4) is 0 Å². The summed E-state index contributed by atoms with van der Waals surface area (Å²) in [6.07, 6.45) is 0. The minimum absolute atomic E-state index is 0. The topological polar surface area (TPSA) is 190 Å². The molecule has 0 spiro atoms. The van der Waals surface area contributed by atoms with E-state index in [1.165, 1.54) is 0 Å². The Balaban J connectivity index is -0.0000000270. The van der Waals surface area contributed by atoms with Gasteiger partial charge in [-0.05, 0) is 0 Å². The van der Waals surface area contributed by atoms with E-state index >= 15 is 0 Å². The fourth-order valence-electron chi connectivity index (χ4n) is 0. The zero-order valence-electron chi connectivity index (χ0n) is 5.91. The first-order valence-corrected chi connectivity index (χ1v) is 4.93. The first kappa shape index (κ1) is 29.6. The zero-order chi connectivity index (χ0) is 10.7. The monoisotopic (exact) mass is 479 g/mol. The predicted octanol–water partition coefficient (Wildman–Crippen LogP) is -5.67. The molecule has 0 amide bonds. The van der Waals surface area contributed by atoms with Gasteiger partial charge in [-0.25, -0.2) is 0 Å². The maximum Gasteiger partial charge on any atom is 3.00 e. The number of hydrogen-bond acceptors (Lipinski definition) is 9. The number of rotatable bonds is 0. The Hall–Kier alpha value is 1.70. The summed E-state index contributed by atoms with van der Waals surface area (Å²) in [7, 11) is -10.1. The van der Waals surface area contributed by atoms with Gasteiger partial charge in [-0.15, -0.1) is 0 Å². The normalized spacial score (nSPS) is 5.57. The Morgan fingerprint density at radius 1 is 0.500 bits per heavy atom. The van der Waals surface area contributed by atoms with Crippen molar-refractivity contribution in [3.8, 4) is 0 Å². The molecule has 0 fully saturated rings. The van der Waals surface area contributed by atoms with Crippen LogP contribution in [0.2, 0.25) is 0 Å². The van der Waals surface area contributed by atoms with Gasteiger partial charge in [0.15, 0.2) is 0 Å². The van der Waals surface area contributed by atoms with E-state index in [4.69, 9.17) is 43.1 Å². The van der Waals surface area contributed by atoms with E-state index in [0.717, 1.165) is 0 Å². The van der Waals surface area contributed by atoms with E-state index in [1.807, 2.05) is 0 Å². The molecule has 0 heterocycles. The molecule has 0 unspecified atom stereocenters. The Kier molecular flexibility index (Phi) is 51.0. The molecule has 0 aliphatic heterocycles. The summed E-state index contributed by atoms with van der Waals surface area (Å²) in [5.41, 5.74) is 0. The summed E-state index contributed by atoms with van der Waals surface area (Å²) >= 11 is 0. The summed E-state index contributed by atoms with van der Waals surface area (Å²) in [5, 5.41) is 0. The Morgan fingerprint density at radius 2 is 0.500 bits per heavy atom. The third-order valence-electron chi connectivity index (χ3n) is 0. The van der Waals surface area contributed by atoms with Crippen molar-refractivity contribution in [2.45, 2.75) is 0 Å². The molecule has 0 N–H and O–H groups in total. The van der Waals surface area contributed by atoms with Crippen molar-refractivity contribution < 1.29 is 43.1 Å². The summed E-state index contributed by atoms with van der Waals surface area (Å²) in [4.78, 5) is 50.9. The molecule has 0 aliphatic rings. The molecule has 0 aromatic heterocycles. The van der Waals surface area contributed by atoms with Crippen molar-refractivity contribution in [3.05, 3.63) is 0 Å². The Bertz CT molecular complexity index is 116. The van der Waals surface area contributed by atoms with Gasteiger partial charge >= 0.3 is 48.9 Å². The van der Waals surface area contributed by atoms with E-state index in [-0.39, 0.29) is 48.9 Å². The fourth-order valence-corrected chi connectivity index (χ4v) is 0. The van der Waals surface area contributed by atoms with Crippen molar-refractivity contribution in [1.82, 2.24) is 0 Å². The smallest absolute Gasteiger partial charge is 0.598 e. The Labute approximate surface area is 116 Å². The summed E-state index contributed by atoms with van der Waals surface area (Å²) < 4.78 is 25.4. The summed E-state index contributed by atoms with van der Waals surface area (Å²) in [5.74, 6) is 0. The van der Waals surface area contributed by atoms with Crippen molar-refractivity contribution in [1.29, 1.82) is 0 Å². The predicted molar refractivity (Wildman–Crippen MR) is 34.3 cm³/mol. The maximum atomic E-state index is 8.48. The van der Waals surface area contributed by atoms with Gasteiger partial charge < -0.3 is 29.4 Å². The molecule has 4 radical (unpaired) electrons. The molecule has 0 aromatic carbocycles. The molecule has 0 bridgehead atoms. The van der Waals surface area contributed by atoms with Crippen LogP contribution in [0.5, 0.6) is 0 Å². The van der Waals surface area contributed by atoms with Gasteiger partial charge in [-0.2, -0.15) is 0 Å². The molecule has 0 saturated carbocycles. The van der Waals surface area contributed by atoms with E-state index < -0.39 is 24.8 Å². The van der Waals surface area contributed by atoms with Crippen LogP contribution in [0.25, 0.3) is 0 Å². The average Bonchev–Trinajstić information content (AvgIpc) is 1.54. The van der Waals surface area contributed by atoms with Crippen molar-refractivity contribution in [2.75, 3.05) is 0 Å². The first-order chi connectivity index (χ1) is 5.20. The zero-order valence-corrected chi connectivity index (χ0v) is 13.7. The van der Waals surface area contributed by atoms with Gasteiger partial charge in [0.2, 0.25) is 0 Å². The van der Waals surface area contributed by atoms with Crippen LogP contribution in [-0.4, -0.2) is 48.9 Å². The summed E-state index contributed by atoms with van der Waals surface area (Å²) in [6.45, 7) is 0. The van der Waals surface area contributed by atoms with E-state index in [9.17, 15) is 0 Å². The molecule has 0 atom stereocenters. The van der Waals surface area contributed by atoms with Gasteiger partial charge in [0.25, 0.3) is 24.8 Å². The molecular weight excluding hydrogens is 480 g/mol. The minimum atomic E-state index is -3.37. The molecule has 14 heteroatoms. The molecule has 14 heavy (non-hydrogen) atoms. The van der Waals surface area contributed by atoms with Crippen LogP contribution in [0.15, 0.2) is 0 Å². The molecule has 9 nitrogen and oxygen atoms in total. The van der Waals surface area contributed by atoms with Crippen molar-refractivity contribution in [2.24, 2.45) is 0 Å². The third kappa shape index (κ3) is 767. The molecule has 0 aliphatic carbocycles. The van der Waals surface area contributed by atoms with E-state index in [0.29, 0.717) is 0 Å². The van der Waals surface area contributed by atoms with Crippen LogP contribution >= 0.6 is 24.8 Å². The van der Waals surface area contributed by atoms with Gasteiger partial charge in [0, 0.05) is 0 Å². The SMILES string of the molecule is O=[P+]([O-])[O-].O=[P+]([O-])[O-].O=[P+]([O-])[O-].[Sb+3].[Sb+3]. The third-order valence-corrected chi connectivity index (χ3v) is 0. The largest absolute Gasteiger partial charge is 3.00 e. The van der Waals surface area contributed by atoms with Crippen LogP contribution in [0, 0.1) is 0 Å². The number of hydrogen-bond donors (Lipinski definition) is 0. The van der Waals surface area contributed by atoms with E-state index in [1.54, 1.807) is 0 Å². The van der Waals surface area contributed by atoms with E-state index in [2.05, 4.69) is 0 Å². The van der Waals surface area contributed by atoms with Gasteiger partial charge in [0.05, 0.1) is 0 Å². The minimum Gasteiger partial charge on any atom is -0.598 e. The first-order valence-electron chi connectivity index (χ1n) is 1.64. The molecule has 76 valence electrons. The van der Waals surface area contributed by atoms with Crippen LogP contribution in [-0.2, 0) is 13.7 Å². The van der Waals surface area contributed by atoms with Gasteiger partial charge in [0.1, 0.15) is 0 Å². The molecule has 0 rings (SSSR count). The quantitative estimate of drug-likeness (QED) is 0.240. The van der Waals surface area contributed by atoms with Crippen molar-refractivity contribution in [3.63, 3.8) is 0 Å². The van der Waals surface area contributed by atoms with Crippen LogP contribution in [0.1, 0.15) is 0 Å².